The maximum atomic E-state index is 12.4. The standard InChI is InChI=1S/C29H38N4O4/c1-4-19-18(16-31-23-11-7-8-13-25(23)34)10-9-12-22(19)33-28-20-14-26(36-5-2)27(37-6-3)15-24(20)32-17-21(28)29(30)35/h9-10,12,14-15,17,23,25,31,34H,4-8,11,13,16H2,1-3H3,(H2,30,35)(H,32,33). The maximum Gasteiger partial charge on any atom is 0.252 e. The van der Waals surface area contributed by atoms with Crippen LogP contribution in [0.3, 0.4) is 0 Å². The summed E-state index contributed by atoms with van der Waals surface area (Å²) in [5.41, 5.74) is 10.5. The number of aliphatic hydroxyl groups excluding tert-OH is 1. The molecule has 1 fully saturated rings. The topological polar surface area (TPSA) is 119 Å². The molecule has 1 aliphatic carbocycles. The number of aromatic nitrogens is 1. The first-order valence-corrected chi connectivity index (χ1v) is 13.3. The number of hydrogen-bond acceptors (Lipinski definition) is 7. The number of carbonyl (C=O) groups is 1. The van der Waals surface area contributed by atoms with Gasteiger partial charge in [-0.2, -0.15) is 0 Å². The lowest BCUT2D eigenvalue weighted by molar-refractivity contribution is 0.0902. The highest BCUT2D eigenvalue weighted by molar-refractivity contribution is 6.08. The monoisotopic (exact) mass is 506 g/mol. The molecule has 0 aliphatic heterocycles. The third-order valence-corrected chi connectivity index (χ3v) is 6.97. The van der Waals surface area contributed by atoms with E-state index in [1.165, 1.54) is 6.20 Å². The van der Waals surface area contributed by atoms with Crippen LogP contribution in [0.15, 0.2) is 36.5 Å². The lowest BCUT2D eigenvalue weighted by Gasteiger charge is -2.29. The minimum atomic E-state index is -0.564. The molecule has 8 nitrogen and oxygen atoms in total. The van der Waals surface area contributed by atoms with Gasteiger partial charge in [0.2, 0.25) is 0 Å². The molecule has 8 heteroatoms. The molecule has 2 unspecified atom stereocenters. The van der Waals surface area contributed by atoms with Gasteiger partial charge in [0.05, 0.1) is 36.1 Å². The van der Waals surface area contributed by atoms with Gasteiger partial charge in [0, 0.05) is 35.9 Å². The molecule has 37 heavy (non-hydrogen) atoms. The smallest absolute Gasteiger partial charge is 0.252 e. The SMILES string of the molecule is CCOc1cc2ncc(C(N)=O)c(Nc3cccc(CNC4CCCCC4O)c3CC)c2cc1OCC. The molecular weight excluding hydrogens is 468 g/mol. The number of rotatable bonds is 11. The van der Waals surface area contributed by atoms with Gasteiger partial charge in [-0.25, -0.2) is 0 Å². The largest absolute Gasteiger partial charge is 0.490 e. The molecule has 198 valence electrons. The van der Waals surface area contributed by atoms with Crippen molar-refractivity contribution < 1.29 is 19.4 Å². The second-order valence-electron chi connectivity index (χ2n) is 9.35. The Bertz CT molecular complexity index is 1250. The van der Waals surface area contributed by atoms with Crippen molar-refractivity contribution in [3.05, 3.63) is 53.2 Å². The third-order valence-electron chi connectivity index (χ3n) is 6.97. The number of amides is 1. The van der Waals surface area contributed by atoms with Crippen LogP contribution in [-0.4, -0.2) is 41.4 Å². The minimum absolute atomic E-state index is 0.109. The van der Waals surface area contributed by atoms with Gasteiger partial charge in [-0.05, 0) is 56.4 Å². The summed E-state index contributed by atoms with van der Waals surface area (Å²) in [6, 6.07) is 9.91. The summed E-state index contributed by atoms with van der Waals surface area (Å²) in [6.07, 6.45) is 6.04. The van der Waals surface area contributed by atoms with Crippen molar-refractivity contribution in [2.24, 2.45) is 5.73 Å². The minimum Gasteiger partial charge on any atom is -0.490 e. The Morgan fingerprint density at radius 1 is 1.11 bits per heavy atom. The summed E-state index contributed by atoms with van der Waals surface area (Å²) in [6.45, 7) is 7.57. The summed E-state index contributed by atoms with van der Waals surface area (Å²) in [5, 5.41) is 18.2. The van der Waals surface area contributed by atoms with Gasteiger partial charge in [0.15, 0.2) is 11.5 Å². The highest BCUT2D eigenvalue weighted by Crippen LogP contribution is 2.38. The van der Waals surface area contributed by atoms with Crippen molar-refractivity contribution in [1.29, 1.82) is 0 Å². The van der Waals surface area contributed by atoms with E-state index in [4.69, 9.17) is 15.2 Å². The van der Waals surface area contributed by atoms with Gasteiger partial charge in [-0.1, -0.05) is 31.9 Å². The number of primary amides is 1. The van der Waals surface area contributed by atoms with Crippen LogP contribution in [0, 0.1) is 0 Å². The fourth-order valence-corrected chi connectivity index (χ4v) is 5.12. The Labute approximate surface area is 218 Å². The van der Waals surface area contributed by atoms with Crippen LogP contribution in [0.5, 0.6) is 11.5 Å². The number of fused-ring (bicyclic) bond motifs is 1. The zero-order valence-corrected chi connectivity index (χ0v) is 22.0. The Kier molecular flexibility index (Phi) is 8.84. The molecule has 0 radical (unpaired) electrons. The van der Waals surface area contributed by atoms with Crippen LogP contribution in [-0.2, 0) is 13.0 Å². The Hall–Kier alpha value is -3.36. The number of ether oxygens (including phenoxy) is 2. The van der Waals surface area contributed by atoms with Crippen molar-refractivity contribution in [3.63, 3.8) is 0 Å². The predicted molar refractivity (Wildman–Crippen MR) is 147 cm³/mol. The quantitative estimate of drug-likeness (QED) is 0.294. The molecule has 3 aromatic rings. The average molecular weight is 507 g/mol. The van der Waals surface area contributed by atoms with Crippen molar-refractivity contribution in [1.82, 2.24) is 10.3 Å². The molecule has 1 amide bonds. The Morgan fingerprint density at radius 2 is 1.84 bits per heavy atom. The summed E-state index contributed by atoms with van der Waals surface area (Å²) >= 11 is 0. The normalized spacial score (nSPS) is 17.5. The first kappa shape index (κ1) is 26.7. The molecule has 4 rings (SSSR count). The van der Waals surface area contributed by atoms with Crippen LogP contribution in [0.4, 0.5) is 11.4 Å². The molecule has 1 aliphatic rings. The maximum absolute atomic E-state index is 12.4. The molecule has 2 atom stereocenters. The van der Waals surface area contributed by atoms with E-state index in [0.717, 1.165) is 54.3 Å². The van der Waals surface area contributed by atoms with E-state index >= 15 is 0 Å². The highest BCUT2D eigenvalue weighted by atomic mass is 16.5. The van der Waals surface area contributed by atoms with E-state index in [1.54, 1.807) is 0 Å². The van der Waals surface area contributed by atoms with E-state index in [9.17, 15) is 9.90 Å². The van der Waals surface area contributed by atoms with E-state index in [1.807, 2.05) is 38.1 Å². The number of nitrogens with one attached hydrogen (secondary N) is 2. The zero-order chi connectivity index (χ0) is 26.4. The van der Waals surface area contributed by atoms with Crippen LogP contribution < -0.4 is 25.8 Å². The summed E-state index contributed by atoms with van der Waals surface area (Å²) < 4.78 is 11.6. The van der Waals surface area contributed by atoms with Crippen LogP contribution >= 0.6 is 0 Å². The molecule has 0 spiro atoms. The molecule has 2 aromatic carbocycles. The summed E-state index contributed by atoms with van der Waals surface area (Å²) in [5.74, 6) is 0.628. The van der Waals surface area contributed by atoms with Gasteiger partial charge in [0.1, 0.15) is 0 Å². The fourth-order valence-electron chi connectivity index (χ4n) is 5.12. The van der Waals surface area contributed by atoms with E-state index in [2.05, 4.69) is 28.6 Å². The molecule has 5 N–H and O–H groups in total. The molecule has 1 heterocycles. The first-order chi connectivity index (χ1) is 18.0. The fraction of sp³-hybridized carbons (Fsp3) is 0.448. The predicted octanol–water partition coefficient (Wildman–Crippen LogP) is 4.83. The number of carbonyl (C=O) groups excluding carboxylic acids is 1. The van der Waals surface area contributed by atoms with Crippen molar-refractivity contribution in [2.75, 3.05) is 18.5 Å². The Morgan fingerprint density at radius 3 is 2.51 bits per heavy atom. The number of benzene rings is 2. The van der Waals surface area contributed by atoms with Gasteiger partial charge in [-0.15, -0.1) is 0 Å². The van der Waals surface area contributed by atoms with Gasteiger partial charge < -0.3 is 30.9 Å². The van der Waals surface area contributed by atoms with Gasteiger partial charge in [0.25, 0.3) is 5.91 Å². The van der Waals surface area contributed by atoms with Gasteiger partial charge >= 0.3 is 0 Å². The number of hydrogen-bond donors (Lipinski definition) is 4. The molecule has 1 aromatic heterocycles. The lowest BCUT2D eigenvalue weighted by atomic mass is 9.92. The number of nitrogens with zero attached hydrogens (tertiary/aromatic N) is 1. The average Bonchev–Trinajstić information content (AvgIpc) is 2.89. The van der Waals surface area contributed by atoms with E-state index < -0.39 is 5.91 Å². The third kappa shape index (κ3) is 5.97. The number of nitrogens with two attached hydrogens (primary N) is 1. The van der Waals surface area contributed by atoms with Crippen molar-refractivity contribution in [3.8, 4) is 11.5 Å². The lowest BCUT2D eigenvalue weighted by Crippen LogP contribution is -2.41. The van der Waals surface area contributed by atoms with E-state index in [0.29, 0.717) is 48.0 Å². The molecule has 0 bridgehead atoms. The highest BCUT2D eigenvalue weighted by Gasteiger charge is 2.23. The van der Waals surface area contributed by atoms with Crippen molar-refractivity contribution in [2.45, 2.75) is 71.6 Å². The first-order valence-electron chi connectivity index (χ1n) is 13.3. The van der Waals surface area contributed by atoms with Crippen molar-refractivity contribution >= 4 is 28.2 Å². The number of pyridine rings is 1. The summed E-state index contributed by atoms with van der Waals surface area (Å²) in [7, 11) is 0. The molecule has 1 saturated carbocycles. The number of aliphatic hydroxyl groups is 1. The van der Waals surface area contributed by atoms with Crippen LogP contribution in [0.25, 0.3) is 10.9 Å². The van der Waals surface area contributed by atoms with E-state index in [-0.39, 0.29) is 12.1 Å². The molecule has 0 saturated heterocycles. The van der Waals surface area contributed by atoms with Crippen LogP contribution in [0.1, 0.15) is 67.9 Å². The second kappa shape index (κ2) is 12.3. The molecular formula is C29H38N4O4. The summed E-state index contributed by atoms with van der Waals surface area (Å²) in [4.78, 5) is 16.9. The second-order valence-corrected chi connectivity index (χ2v) is 9.35. The van der Waals surface area contributed by atoms with Gasteiger partial charge in [-0.3, -0.25) is 9.78 Å². The Balaban J connectivity index is 1.73. The number of anilines is 2. The van der Waals surface area contributed by atoms with Crippen LogP contribution in [0.2, 0.25) is 0 Å². The zero-order valence-electron chi connectivity index (χ0n) is 22.0.